The Bertz CT molecular complexity index is 2120. The molecule has 3 aromatic carbocycles. The molecule has 12 heteroatoms. The van der Waals surface area contributed by atoms with E-state index in [1.807, 2.05) is 30.5 Å². The van der Waals surface area contributed by atoms with Gasteiger partial charge in [0.2, 0.25) is 18.7 Å². The first kappa shape index (κ1) is 38.5. The molecule has 3 aliphatic rings. The number of carbonyl (C=O) groups is 3. The molecule has 3 N–H and O–H groups in total. The van der Waals surface area contributed by atoms with Crippen LogP contribution in [-0.4, -0.2) is 95.4 Å². The van der Waals surface area contributed by atoms with E-state index in [4.69, 9.17) is 4.79 Å². The Morgan fingerprint density at radius 2 is 1.61 bits per heavy atom. The lowest BCUT2D eigenvalue weighted by molar-refractivity contribution is -0.126. The van der Waals surface area contributed by atoms with Crippen LogP contribution in [0.1, 0.15) is 62.5 Å². The molecule has 2 saturated heterocycles. The van der Waals surface area contributed by atoms with Crippen molar-refractivity contribution >= 4 is 41.1 Å². The molecule has 0 bridgehead atoms. The molecule has 3 amide bonds. The molecule has 1 atom stereocenters. The minimum absolute atomic E-state index is 0.195. The number of fused-ring (bicyclic) bond motifs is 2. The van der Waals surface area contributed by atoms with E-state index in [1.165, 1.54) is 29.7 Å². The highest BCUT2D eigenvalue weighted by atomic mass is 16.3. The number of likely N-dealkylation sites (tertiary alicyclic amines) is 1. The van der Waals surface area contributed by atoms with Gasteiger partial charge in [0, 0.05) is 67.1 Å². The second-order valence-electron chi connectivity index (χ2n) is 14.9. The number of carbonyl (C=O) groups excluding carboxylic acids is 3. The number of nitrogens with zero attached hydrogens (tertiary/aromatic N) is 6. The number of benzene rings is 3. The SMILES string of the molecule is CCCC(C(=O)NC=O)N1CCc2c(N3CCC(N4CCC(c5ccc(-n6ccc7nnc(-c8ccccc8O)cc76)cc5)CC4)CC3)cccc21.CNC=O. The van der Waals surface area contributed by atoms with Crippen LogP contribution in [0.4, 0.5) is 11.4 Å². The third kappa shape index (κ3) is 8.11. The van der Waals surface area contributed by atoms with Gasteiger partial charge in [-0.3, -0.25) is 19.7 Å². The summed E-state index contributed by atoms with van der Waals surface area (Å²) in [6.45, 7) is 7.23. The van der Waals surface area contributed by atoms with Gasteiger partial charge in [-0.05, 0) is 112 Å². The van der Waals surface area contributed by atoms with Gasteiger partial charge in [0.15, 0.2) is 0 Å². The topological polar surface area (TPSA) is 136 Å². The van der Waals surface area contributed by atoms with Crippen LogP contribution < -0.4 is 20.4 Å². The van der Waals surface area contributed by atoms with Crippen molar-refractivity contribution in [3.63, 3.8) is 0 Å². The van der Waals surface area contributed by atoms with Gasteiger partial charge in [0.25, 0.3) is 0 Å². The van der Waals surface area contributed by atoms with Crippen LogP contribution in [-0.2, 0) is 20.8 Å². The fourth-order valence-corrected chi connectivity index (χ4v) is 8.87. The third-order valence-corrected chi connectivity index (χ3v) is 11.7. The number of rotatable bonds is 11. The Morgan fingerprint density at radius 3 is 2.30 bits per heavy atom. The van der Waals surface area contributed by atoms with Crippen molar-refractivity contribution in [2.24, 2.45) is 0 Å². The van der Waals surface area contributed by atoms with Crippen molar-refractivity contribution in [3.05, 3.63) is 96.2 Å². The molecule has 5 aromatic rings. The Kier molecular flexibility index (Phi) is 12.2. The number of anilines is 2. The highest BCUT2D eigenvalue weighted by Crippen LogP contribution is 2.39. The van der Waals surface area contributed by atoms with Crippen LogP contribution in [0.5, 0.6) is 5.75 Å². The molecule has 5 heterocycles. The standard InChI is InChI=1S/C42H47N7O3.C2H5NO/c1-2-6-39(42(52)43-28-50)49-25-19-34-37(8-5-9-38(34)49)47-23-17-31(18-24-47)46-21-15-30(16-22-46)29-11-13-32(14-12-29)48-26-20-35-40(48)27-36(45-44-35)33-7-3-4-10-41(33)51;1-3-2-4/h3-5,7-14,20,26-28,30-31,39,51H,2,6,15-19,21-25H2,1H3,(H,43,50,52);2H,1H3,(H,3,4). The third-order valence-electron chi connectivity index (χ3n) is 11.7. The van der Waals surface area contributed by atoms with Gasteiger partial charge in [-0.25, -0.2) is 0 Å². The van der Waals surface area contributed by atoms with Crippen LogP contribution >= 0.6 is 0 Å². The minimum Gasteiger partial charge on any atom is -0.507 e. The van der Waals surface area contributed by atoms with E-state index in [9.17, 15) is 14.7 Å². The fourth-order valence-electron chi connectivity index (χ4n) is 8.87. The van der Waals surface area contributed by atoms with E-state index >= 15 is 0 Å². The van der Waals surface area contributed by atoms with E-state index in [2.05, 4.69) is 89.5 Å². The molecule has 56 heavy (non-hydrogen) atoms. The molecule has 3 aliphatic heterocycles. The highest BCUT2D eigenvalue weighted by molar-refractivity contribution is 5.93. The van der Waals surface area contributed by atoms with Crippen molar-refractivity contribution < 1.29 is 19.5 Å². The van der Waals surface area contributed by atoms with Gasteiger partial charge in [0.05, 0.1) is 11.2 Å². The monoisotopic (exact) mass is 756 g/mol. The molecule has 0 radical (unpaired) electrons. The summed E-state index contributed by atoms with van der Waals surface area (Å²) in [5.41, 5.74) is 9.37. The molecule has 292 valence electrons. The maximum absolute atomic E-state index is 12.7. The maximum atomic E-state index is 12.7. The number of aromatic hydroxyl groups is 1. The summed E-state index contributed by atoms with van der Waals surface area (Å²) >= 11 is 0. The summed E-state index contributed by atoms with van der Waals surface area (Å²) in [6, 6.07) is 27.0. The summed E-state index contributed by atoms with van der Waals surface area (Å²) < 4.78 is 2.14. The summed E-state index contributed by atoms with van der Waals surface area (Å²) in [5, 5.41) is 23.8. The van der Waals surface area contributed by atoms with Crippen molar-refractivity contribution in [3.8, 4) is 22.7 Å². The average molecular weight is 757 g/mol. The highest BCUT2D eigenvalue weighted by Gasteiger charge is 2.34. The number of aromatic nitrogens is 3. The van der Waals surface area contributed by atoms with Crippen LogP contribution in [0.2, 0.25) is 0 Å². The number of nitrogens with one attached hydrogen (secondary N) is 2. The number of phenols is 1. The quantitative estimate of drug-likeness (QED) is 0.143. The van der Waals surface area contributed by atoms with Crippen LogP contribution in [0.15, 0.2) is 85.1 Å². The zero-order valence-electron chi connectivity index (χ0n) is 32.3. The van der Waals surface area contributed by atoms with E-state index < -0.39 is 0 Å². The molecule has 1 unspecified atom stereocenters. The smallest absolute Gasteiger partial charge is 0.249 e. The minimum atomic E-state index is -0.320. The maximum Gasteiger partial charge on any atom is 0.249 e. The van der Waals surface area contributed by atoms with E-state index in [1.54, 1.807) is 19.2 Å². The Labute approximate surface area is 328 Å². The second kappa shape index (κ2) is 17.8. The summed E-state index contributed by atoms with van der Waals surface area (Å²) in [7, 11) is 1.56. The molecule has 0 saturated carbocycles. The fraction of sp³-hybridized carbons (Fsp3) is 0.386. The first-order valence-electron chi connectivity index (χ1n) is 19.9. The Hall–Kier alpha value is -5.75. The number of para-hydroxylation sites is 1. The predicted molar refractivity (Wildman–Crippen MR) is 220 cm³/mol. The second-order valence-corrected chi connectivity index (χ2v) is 14.9. The van der Waals surface area contributed by atoms with Crippen molar-refractivity contribution in [2.45, 2.75) is 69.9 Å². The first-order valence-corrected chi connectivity index (χ1v) is 19.9. The van der Waals surface area contributed by atoms with Gasteiger partial charge in [-0.1, -0.05) is 43.7 Å². The first-order chi connectivity index (χ1) is 27.4. The summed E-state index contributed by atoms with van der Waals surface area (Å²) in [5.74, 6) is 0.546. The van der Waals surface area contributed by atoms with Gasteiger partial charge in [0.1, 0.15) is 17.3 Å². The Morgan fingerprint density at radius 1 is 0.875 bits per heavy atom. The number of hydrogen-bond acceptors (Lipinski definition) is 9. The number of amides is 3. The largest absolute Gasteiger partial charge is 0.507 e. The van der Waals surface area contributed by atoms with Crippen molar-refractivity contribution in [1.82, 2.24) is 30.3 Å². The predicted octanol–water partition coefficient (Wildman–Crippen LogP) is 5.81. The zero-order chi connectivity index (χ0) is 39.0. The summed E-state index contributed by atoms with van der Waals surface area (Å²) in [4.78, 5) is 40.3. The van der Waals surface area contributed by atoms with E-state index in [0.717, 1.165) is 87.2 Å². The molecular weight excluding hydrogens is 705 g/mol. The zero-order valence-corrected chi connectivity index (χ0v) is 32.3. The normalized spacial score (nSPS) is 16.8. The van der Waals surface area contributed by atoms with Gasteiger partial charge < -0.3 is 29.7 Å². The molecule has 2 fully saturated rings. The lowest BCUT2D eigenvalue weighted by Crippen LogP contribution is -2.47. The molecular formula is C44H52N8O4. The number of piperidine rings is 2. The van der Waals surface area contributed by atoms with Gasteiger partial charge in [-0.2, -0.15) is 0 Å². The molecule has 0 spiro atoms. The van der Waals surface area contributed by atoms with Crippen molar-refractivity contribution in [2.75, 3.05) is 49.6 Å². The van der Waals surface area contributed by atoms with Gasteiger partial charge >= 0.3 is 0 Å². The average Bonchev–Trinajstić information content (AvgIpc) is 3.88. The van der Waals surface area contributed by atoms with Crippen molar-refractivity contribution in [1.29, 1.82) is 0 Å². The number of hydrogen-bond donors (Lipinski definition) is 3. The van der Waals surface area contributed by atoms with Crippen LogP contribution in [0.25, 0.3) is 28.0 Å². The van der Waals surface area contributed by atoms with Gasteiger partial charge in [-0.15, -0.1) is 10.2 Å². The molecule has 12 nitrogen and oxygen atoms in total. The van der Waals surface area contributed by atoms with E-state index in [-0.39, 0.29) is 17.7 Å². The molecule has 0 aliphatic carbocycles. The number of phenolic OH excluding ortho intramolecular Hbond substituents is 1. The molecule has 8 rings (SSSR count). The lowest BCUT2D eigenvalue weighted by Gasteiger charge is -2.43. The Balaban J connectivity index is 0.00000115. The number of imide groups is 1. The lowest BCUT2D eigenvalue weighted by atomic mass is 9.88. The van der Waals surface area contributed by atoms with E-state index in [0.29, 0.717) is 36.0 Å². The van der Waals surface area contributed by atoms with Crippen LogP contribution in [0.3, 0.4) is 0 Å². The molecule has 2 aromatic heterocycles. The van der Waals surface area contributed by atoms with Crippen LogP contribution in [0, 0.1) is 0 Å². The summed E-state index contributed by atoms with van der Waals surface area (Å²) in [6.07, 6.45) is 10.4.